The van der Waals surface area contributed by atoms with Crippen LogP contribution >= 0.6 is 0 Å². The lowest BCUT2D eigenvalue weighted by atomic mass is 10.2. The van der Waals surface area contributed by atoms with Crippen LogP contribution in [0.5, 0.6) is 0 Å². The van der Waals surface area contributed by atoms with Crippen LogP contribution in [-0.4, -0.2) is 53.3 Å². The third-order valence-corrected chi connectivity index (χ3v) is 3.27. The molecule has 1 atom stereocenters. The van der Waals surface area contributed by atoms with Gasteiger partial charge in [0.1, 0.15) is 11.6 Å². The molecule has 0 aliphatic carbocycles. The van der Waals surface area contributed by atoms with Gasteiger partial charge in [0.25, 0.3) is 0 Å². The molecule has 6 nitrogen and oxygen atoms in total. The van der Waals surface area contributed by atoms with Gasteiger partial charge in [-0.2, -0.15) is 0 Å². The van der Waals surface area contributed by atoms with E-state index in [0.29, 0.717) is 13.1 Å². The lowest BCUT2D eigenvalue weighted by Crippen LogP contribution is -2.44. The SMILES string of the molecule is CCCCCCN(CCNC(=O)OC(C)(C)C)[C@@H](C)C(=O)O. The van der Waals surface area contributed by atoms with Gasteiger partial charge in [-0.15, -0.1) is 0 Å². The first kappa shape index (κ1) is 20.7. The summed E-state index contributed by atoms with van der Waals surface area (Å²) in [5, 5.41) is 11.8. The zero-order chi connectivity index (χ0) is 17.2. The molecule has 0 aromatic carbocycles. The molecule has 0 aliphatic heterocycles. The number of carboxylic acid groups (broad SMARTS) is 1. The van der Waals surface area contributed by atoms with Gasteiger partial charge in [0.05, 0.1) is 0 Å². The summed E-state index contributed by atoms with van der Waals surface area (Å²) in [5.74, 6) is -0.840. The zero-order valence-corrected chi connectivity index (χ0v) is 14.6. The largest absolute Gasteiger partial charge is 0.480 e. The molecule has 0 bridgehead atoms. The van der Waals surface area contributed by atoms with Crippen LogP contribution in [-0.2, 0) is 9.53 Å². The highest BCUT2D eigenvalue weighted by atomic mass is 16.6. The van der Waals surface area contributed by atoms with Gasteiger partial charge in [-0.3, -0.25) is 9.69 Å². The summed E-state index contributed by atoms with van der Waals surface area (Å²) in [4.78, 5) is 24.6. The van der Waals surface area contributed by atoms with Crippen molar-refractivity contribution in [3.05, 3.63) is 0 Å². The van der Waals surface area contributed by atoms with Crippen molar-refractivity contribution in [2.45, 2.75) is 71.9 Å². The van der Waals surface area contributed by atoms with E-state index in [1.165, 1.54) is 0 Å². The number of amides is 1. The topological polar surface area (TPSA) is 78.9 Å². The van der Waals surface area contributed by atoms with Gasteiger partial charge < -0.3 is 15.2 Å². The number of nitrogens with one attached hydrogen (secondary N) is 1. The molecule has 0 aliphatic rings. The van der Waals surface area contributed by atoms with Crippen molar-refractivity contribution >= 4 is 12.1 Å². The summed E-state index contributed by atoms with van der Waals surface area (Å²) in [6.07, 6.45) is 3.90. The Bertz CT molecular complexity index is 340. The van der Waals surface area contributed by atoms with Crippen molar-refractivity contribution in [3.8, 4) is 0 Å². The fraction of sp³-hybridized carbons (Fsp3) is 0.875. The van der Waals surface area contributed by atoms with Gasteiger partial charge in [-0.25, -0.2) is 4.79 Å². The number of unbranched alkanes of at least 4 members (excludes halogenated alkanes) is 3. The van der Waals surface area contributed by atoms with Gasteiger partial charge in [-0.05, 0) is 40.7 Å². The highest BCUT2D eigenvalue weighted by Gasteiger charge is 2.21. The van der Waals surface area contributed by atoms with E-state index in [-0.39, 0.29) is 0 Å². The third kappa shape index (κ3) is 10.4. The highest BCUT2D eigenvalue weighted by molar-refractivity contribution is 5.72. The third-order valence-electron chi connectivity index (χ3n) is 3.27. The van der Waals surface area contributed by atoms with Gasteiger partial charge in [0, 0.05) is 13.1 Å². The van der Waals surface area contributed by atoms with Crippen LogP contribution in [0.1, 0.15) is 60.3 Å². The van der Waals surface area contributed by atoms with Crippen molar-refractivity contribution in [3.63, 3.8) is 0 Å². The monoisotopic (exact) mass is 316 g/mol. The van der Waals surface area contributed by atoms with Crippen molar-refractivity contribution in [1.82, 2.24) is 10.2 Å². The highest BCUT2D eigenvalue weighted by Crippen LogP contribution is 2.07. The van der Waals surface area contributed by atoms with Gasteiger partial charge in [0.2, 0.25) is 0 Å². The maximum Gasteiger partial charge on any atom is 0.407 e. The molecule has 0 aromatic rings. The lowest BCUT2D eigenvalue weighted by Gasteiger charge is -2.26. The van der Waals surface area contributed by atoms with Crippen LogP contribution in [0.2, 0.25) is 0 Å². The van der Waals surface area contributed by atoms with Crippen molar-refractivity contribution in [2.24, 2.45) is 0 Å². The Morgan fingerprint density at radius 3 is 2.32 bits per heavy atom. The summed E-state index contributed by atoms with van der Waals surface area (Å²) in [6.45, 7) is 10.8. The normalized spacial score (nSPS) is 13.0. The van der Waals surface area contributed by atoms with E-state index in [2.05, 4.69) is 12.2 Å². The maximum absolute atomic E-state index is 11.6. The molecule has 0 saturated heterocycles. The Kier molecular flexibility index (Phi) is 9.81. The van der Waals surface area contributed by atoms with Gasteiger partial charge in [0.15, 0.2) is 0 Å². The number of hydrogen-bond acceptors (Lipinski definition) is 4. The van der Waals surface area contributed by atoms with Crippen molar-refractivity contribution in [1.29, 1.82) is 0 Å². The summed E-state index contributed by atoms with van der Waals surface area (Å²) in [5.41, 5.74) is -0.529. The fourth-order valence-corrected chi connectivity index (χ4v) is 2.01. The number of alkyl carbamates (subject to hydrolysis) is 1. The van der Waals surface area contributed by atoms with E-state index < -0.39 is 23.7 Å². The summed E-state index contributed by atoms with van der Waals surface area (Å²) in [6, 6.07) is -0.554. The number of rotatable bonds is 10. The average Bonchev–Trinajstić information content (AvgIpc) is 2.38. The molecule has 0 unspecified atom stereocenters. The standard InChI is InChI=1S/C16H32N2O4/c1-6-7-8-9-11-18(13(2)14(19)20)12-10-17-15(21)22-16(3,4)5/h13H,6-12H2,1-5H3,(H,17,21)(H,19,20)/t13-/m0/s1. The van der Waals surface area contributed by atoms with Crippen LogP contribution in [0.4, 0.5) is 4.79 Å². The molecular formula is C16H32N2O4. The Balaban J connectivity index is 4.22. The van der Waals surface area contributed by atoms with Crippen LogP contribution in [0.15, 0.2) is 0 Å². The van der Waals surface area contributed by atoms with Crippen LogP contribution < -0.4 is 5.32 Å². The number of ether oxygens (including phenoxy) is 1. The first-order valence-electron chi connectivity index (χ1n) is 8.11. The summed E-state index contributed by atoms with van der Waals surface area (Å²) >= 11 is 0. The molecule has 22 heavy (non-hydrogen) atoms. The van der Waals surface area contributed by atoms with E-state index >= 15 is 0 Å². The molecule has 6 heteroatoms. The molecule has 130 valence electrons. The van der Waals surface area contributed by atoms with Crippen molar-refractivity contribution in [2.75, 3.05) is 19.6 Å². The number of carbonyl (C=O) groups excluding carboxylic acids is 1. The van der Waals surface area contributed by atoms with Gasteiger partial charge >= 0.3 is 12.1 Å². The van der Waals surface area contributed by atoms with Crippen molar-refractivity contribution < 1.29 is 19.4 Å². The molecule has 0 rings (SSSR count). The first-order chi connectivity index (χ1) is 10.2. The van der Waals surface area contributed by atoms with Crippen LogP contribution in [0, 0.1) is 0 Å². The Morgan fingerprint density at radius 1 is 1.18 bits per heavy atom. The second-order valence-corrected chi connectivity index (χ2v) is 6.54. The molecular weight excluding hydrogens is 284 g/mol. The zero-order valence-electron chi connectivity index (χ0n) is 14.6. The second kappa shape index (κ2) is 10.4. The van der Waals surface area contributed by atoms with Crippen LogP contribution in [0.25, 0.3) is 0 Å². The molecule has 0 saturated carbocycles. The Hall–Kier alpha value is -1.30. The number of hydrogen-bond donors (Lipinski definition) is 2. The average molecular weight is 316 g/mol. The minimum atomic E-state index is -0.840. The van der Waals surface area contributed by atoms with Gasteiger partial charge in [-0.1, -0.05) is 26.2 Å². The molecule has 0 radical (unpaired) electrons. The van der Waals surface area contributed by atoms with E-state index in [1.54, 1.807) is 27.7 Å². The quantitative estimate of drug-likeness (QED) is 0.606. The van der Waals surface area contributed by atoms with E-state index in [4.69, 9.17) is 9.84 Å². The first-order valence-corrected chi connectivity index (χ1v) is 8.11. The molecule has 0 spiro atoms. The number of aliphatic carboxylic acids is 1. The van der Waals surface area contributed by atoms with E-state index in [0.717, 1.165) is 32.2 Å². The molecule has 0 aromatic heterocycles. The van der Waals surface area contributed by atoms with E-state index in [1.807, 2.05) is 4.90 Å². The molecule has 2 N–H and O–H groups in total. The second-order valence-electron chi connectivity index (χ2n) is 6.54. The fourth-order valence-electron chi connectivity index (χ4n) is 2.01. The number of nitrogens with zero attached hydrogens (tertiary/aromatic N) is 1. The smallest absolute Gasteiger partial charge is 0.407 e. The Labute approximate surface area is 134 Å². The predicted molar refractivity (Wildman–Crippen MR) is 87.0 cm³/mol. The molecule has 0 fully saturated rings. The minimum Gasteiger partial charge on any atom is -0.480 e. The molecule has 0 heterocycles. The van der Waals surface area contributed by atoms with E-state index in [9.17, 15) is 9.59 Å². The Morgan fingerprint density at radius 2 is 1.82 bits per heavy atom. The van der Waals surface area contributed by atoms with Crippen LogP contribution in [0.3, 0.4) is 0 Å². The number of carbonyl (C=O) groups is 2. The molecule has 1 amide bonds. The lowest BCUT2D eigenvalue weighted by molar-refractivity contribution is -0.142. The number of carboxylic acids is 1. The summed E-state index contributed by atoms with van der Waals surface area (Å²) < 4.78 is 5.16. The minimum absolute atomic E-state index is 0.375. The predicted octanol–water partition coefficient (Wildman–Crippen LogP) is 2.87. The maximum atomic E-state index is 11.6. The summed E-state index contributed by atoms with van der Waals surface area (Å²) in [7, 11) is 0.